The van der Waals surface area contributed by atoms with Crippen molar-refractivity contribution in [1.82, 2.24) is 0 Å². The van der Waals surface area contributed by atoms with E-state index in [1.54, 1.807) is 12.1 Å². The van der Waals surface area contributed by atoms with Crippen molar-refractivity contribution < 1.29 is 18.0 Å². The molecule has 0 aliphatic carbocycles. The average molecular weight is 417 g/mol. The van der Waals surface area contributed by atoms with E-state index < -0.39 is 11.7 Å². The summed E-state index contributed by atoms with van der Waals surface area (Å²) in [6, 6.07) is 11.7. The summed E-state index contributed by atoms with van der Waals surface area (Å²) < 4.78 is 38.3. The van der Waals surface area contributed by atoms with Crippen LogP contribution in [-0.4, -0.2) is 5.78 Å². The van der Waals surface area contributed by atoms with Crippen LogP contribution >= 0.6 is 22.6 Å². The molecule has 0 bridgehead atoms. The highest BCUT2D eigenvalue weighted by atomic mass is 127. The van der Waals surface area contributed by atoms with Crippen LogP contribution in [0.2, 0.25) is 0 Å². The zero-order chi connectivity index (χ0) is 16.2. The SMILES string of the molecule is O=C(C=CNc1ccc(C(F)(F)F)cc1)c1ccc(I)cc1. The van der Waals surface area contributed by atoms with E-state index in [-0.39, 0.29) is 5.78 Å². The number of ketones is 1. The lowest BCUT2D eigenvalue weighted by Crippen LogP contribution is -2.04. The summed E-state index contributed by atoms with van der Waals surface area (Å²) in [6.45, 7) is 0. The van der Waals surface area contributed by atoms with Gasteiger partial charge in [0.15, 0.2) is 5.78 Å². The number of carbonyl (C=O) groups is 1. The average Bonchev–Trinajstić information content (AvgIpc) is 2.47. The minimum Gasteiger partial charge on any atom is -0.362 e. The van der Waals surface area contributed by atoms with Crippen LogP contribution in [0.15, 0.2) is 60.8 Å². The maximum Gasteiger partial charge on any atom is 0.416 e. The first-order valence-corrected chi connectivity index (χ1v) is 7.34. The molecule has 2 aromatic rings. The number of hydrogen-bond acceptors (Lipinski definition) is 2. The quantitative estimate of drug-likeness (QED) is 0.425. The number of halogens is 4. The van der Waals surface area contributed by atoms with Crippen molar-refractivity contribution in [3.05, 3.63) is 75.5 Å². The molecule has 0 fully saturated rings. The van der Waals surface area contributed by atoms with Gasteiger partial charge in [-0.25, -0.2) is 0 Å². The van der Waals surface area contributed by atoms with E-state index >= 15 is 0 Å². The summed E-state index contributed by atoms with van der Waals surface area (Å²) in [5, 5.41) is 2.77. The van der Waals surface area contributed by atoms with Crippen molar-refractivity contribution >= 4 is 34.1 Å². The van der Waals surface area contributed by atoms with Gasteiger partial charge in [0, 0.05) is 27.1 Å². The number of hydrogen-bond donors (Lipinski definition) is 1. The second-order valence-electron chi connectivity index (χ2n) is 4.42. The molecule has 1 N–H and O–H groups in total. The molecule has 0 amide bonds. The Morgan fingerprint density at radius 2 is 1.59 bits per heavy atom. The van der Waals surface area contributed by atoms with Crippen LogP contribution in [0.4, 0.5) is 18.9 Å². The van der Waals surface area contributed by atoms with Gasteiger partial charge in [0.1, 0.15) is 0 Å². The second kappa shape index (κ2) is 6.95. The van der Waals surface area contributed by atoms with Crippen LogP contribution in [0.3, 0.4) is 0 Å². The number of anilines is 1. The summed E-state index contributed by atoms with van der Waals surface area (Å²) in [5.74, 6) is -0.184. The van der Waals surface area contributed by atoms with Gasteiger partial charge in [0.25, 0.3) is 0 Å². The minimum atomic E-state index is -4.35. The minimum absolute atomic E-state index is 0.184. The van der Waals surface area contributed by atoms with Gasteiger partial charge in [0.05, 0.1) is 5.56 Å². The molecule has 0 heterocycles. The topological polar surface area (TPSA) is 29.1 Å². The molecule has 0 saturated carbocycles. The van der Waals surface area contributed by atoms with Crippen molar-refractivity contribution in [3.8, 4) is 0 Å². The van der Waals surface area contributed by atoms with Crippen molar-refractivity contribution in [3.63, 3.8) is 0 Å². The maximum absolute atomic E-state index is 12.4. The highest BCUT2D eigenvalue weighted by Gasteiger charge is 2.29. The van der Waals surface area contributed by atoms with E-state index in [0.717, 1.165) is 15.7 Å². The Balaban J connectivity index is 1.97. The maximum atomic E-state index is 12.4. The van der Waals surface area contributed by atoms with E-state index in [2.05, 4.69) is 27.9 Å². The standard InChI is InChI=1S/C16H11F3INO/c17-16(18,19)12-3-7-14(8-4-12)21-10-9-15(22)11-1-5-13(20)6-2-11/h1-10,21H. The number of alkyl halides is 3. The molecule has 0 saturated heterocycles. The first kappa shape index (κ1) is 16.5. The Kier molecular flexibility index (Phi) is 5.23. The number of nitrogens with one attached hydrogen (secondary N) is 1. The van der Waals surface area contributed by atoms with Crippen LogP contribution in [0, 0.1) is 3.57 Å². The largest absolute Gasteiger partial charge is 0.416 e. The predicted octanol–water partition coefficient (Wildman–Crippen LogP) is 5.12. The van der Waals surface area contributed by atoms with E-state index in [9.17, 15) is 18.0 Å². The molecule has 2 aromatic carbocycles. The molecule has 6 heteroatoms. The third-order valence-electron chi connectivity index (χ3n) is 2.83. The highest BCUT2D eigenvalue weighted by molar-refractivity contribution is 14.1. The van der Waals surface area contributed by atoms with Gasteiger partial charge in [-0.15, -0.1) is 0 Å². The molecule has 114 valence electrons. The van der Waals surface area contributed by atoms with Gasteiger partial charge in [-0.1, -0.05) is 12.1 Å². The number of carbonyl (C=O) groups excluding carboxylic acids is 1. The molecule has 0 unspecified atom stereocenters. The van der Waals surface area contributed by atoms with Crippen molar-refractivity contribution in [2.45, 2.75) is 6.18 Å². The Bertz CT molecular complexity index is 676. The molecule has 0 aromatic heterocycles. The number of benzene rings is 2. The third kappa shape index (κ3) is 4.59. The lowest BCUT2D eigenvalue weighted by Gasteiger charge is -2.07. The first-order valence-electron chi connectivity index (χ1n) is 6.26. The summed E-state index contributed by atoms with van der Waals surface area (Å²) >= 11 is 2.14. The van der Waals surface area contributed by atoms with Crippen molar-refractivity contribution in [1.29, 1.82) is 0 Å². The Hall–Kier alpha value is -1.83. The van der Waals surface area contributed by atoms with Gasteiger partial charge in [-0.2, -0.15) is 13.2 Å². The Morgan fingerprint density at radius 1 is 1.00 bits per heavy atom. The second-order valence-corrected chi connectivity index (χ2v) is 5.67. The molecular weight excluding hydrogens is 406 g/mol. The van der Waals surface area contributed by atoms with E-state index in [1.807, 2.05) is 12.1 Å². The fourth-order valence-electron chi connectivity index (χ4n) is 1.68. The van der Waals surface area contributed by atoms with Crippen LogP contribution in [-0.2, 0) is 6.18 Å². The monoisotopic (exact) mass is 417 g/mol. The molecule has 2 nitrogen and oxygen atoms in total. The lowest BCUT2D eigenvalue weighted by atomic mass is 10.1. The molecule has 0 aliphatic rings. The fourth-order valence-corrected chi connectivity index (χ4v) is 2.04. The highest BCUT2D eigenvalue weighted by Crippen LogP contribution is 2.29. The number of rotatable bonds is 4. The first-order chi connectivity index (χ1) is 10.4. The van der Waals surface area contributed by atoms with Gasteiger partial charge < -0.3 is 5.32 Å². The van der Waals surface area contributed by atoms with Crippen molar-refractivity contribution in [2.24, 2.45) is 0 Å². The number of allylic oxidation sites excluding steroid dienone is 1. The Labute approximate surface area is 139 Å². The molecule has 0 atom stereocenters. The van der Waals surface area contributed by atoms with Crippen LogP contribution in [0.5, 0.6) is 0 Å². The van der Waals surface area contributed by atoms with Gasteiger partial charge in [0.2, 0.25) is 0 Å². The Morgan fingerprint density at radius 3 is 2.14 bits per heavy atom. The summed E-state index contributed by atoms with van der Waals surface area (Å²) in [5.41, 5.74) is 0.308. The zero-order valence-corrected chi connectivity index (χ0v) is 13.4. The van der Waals surface area contributed by atoms with Gasteiger partial charge in [-0.3, -0.25) is 4.79 Å². The molecule has 22 heavy (non-hydrogen) atoms. The predicted molar refractivity (Wildman–Crippen MR) is 87.7 cm³/mol. The third-order valence-corrected chi connectivity index (χ3v) is 3.54. The van der Waals surface area contributed by atoms with Gasteiger partial charge in [-0.05, 0) is 59.0 Å². The molecule has 0 radical (unpaired) electrons. The van der Waals surface area contributed by atoms with E-state index in [4.69, 9.17) is 0 Å². The molecule has 0 aliphatic heterocycles. The normalized spacial score (nSPS) is 11.6. The summed E-state index contributed by atoms with van der Waals surface area (Å²) in [7, 11) is 0. The zero-order valence-electron chi connectivity index (χ0n) is 11.2. The van der Waals surface area contributed by atoms with Gasteiger partial charge >= 0.3 is 6.18 Å². The van der Waals surface area contributed by atoms with Crippen LogP contribution in [0.25, 0.3) is 0 Å². The summed E-state index contributed by atoms with van der Waals surface area (Å²) in [4.78, 5) is 11.9. The molecule has 0 spiro atoms. The fraction of sp³-hybridized carbons (Fsp3) is 0.0625. The van der Waals surface area contributed by atoms with E-state index in [0.29, 0.717) is 11.3 Å². The summed E-state index contributed by atoms with van der Waals surface area (Å²) in [6.07, 6.45) is -1.61. The molecular formula is C16H11F3INO. The van der Waals surface area contributed by atoms with Crippen molar-refractivity contribution in [2.75, 3.05) is 5.32 Å². The molecule has 2 rings (SSSR count). The van der Waals surface area contributed by atoms with Crippen LogP contribution in [0.1, 0.15) is 15.9 Å². The lowest BCUT2D eigenvalue weighted by molar-refractivity contribution is -0.137. The van der Waals surface area contributed by atoms with Crippen LogP contribution < -0.4 is 5.32 Å². The van der Waals surface area contributed by atoms with E-state index in [1.165, 1.54) is 24.4 Å². The smallest absolute Gasteiger partial charge is 0.362 e.